The van der Waals surface area contributed by atoms with E-state index in [0.29, 0.717) is 24.7 Å². The molecule has 0 saturated carbocycles. The molecule has 36 heavy (non-hydrogen) atoms. The van der Waals surface area contributed by atoms with E-state index < -0.39 is 11.2 Å². The number of likely N-dealkylation sites (tertiary alicyclic amines) is 1. The molecular formula is C24H28N8O4. The number of nitrogens with one attached hydrogen (secondary N) is 2. The van der Waals surface area contributed by atoms with Gasteiger partial charge in [0, 0.05) is 24.2 Å². The Morgan fingerprint density at radius 1 is 1.19 bits per heavy atom. The smallest absolute Gasteiger partial charge is 0.410 e. The van der Waals surface area contributed by atoms with Crippen molar-refractivity contribution < 1.29 is 9.53 Å². The zero-order valence-corrected chi connectivity index (χ0v) is 20.4. The number of benzene rings is 1. The summed E-state index contributed by atoms with van der Waals surface area (Å²) >= 11 is 0. The summed E-state index contributed by atoms with van der Waals surface area (Å²) in [7, 11) is 0. The maximum absolute atomic E-state index is 12.8. The number of H-pyrrole nitrogens is 2. The van der Waals surface area contributed by atoms with Crippen LogP contribution >= 0.6 is 0 Å². The van der Waals surface area contributed by atoms with Crippen LogP contribution in [0.5, 0.6) is 0 Å². The molecule has 1 amide bonds. The number of ether oxygens (including phenoxy) is 1. The van der Waals surface area contributed by atoms with Gasteiger partial charge in [0.1, 0.15) is 18.0 Å². The molecular weight excluding hydrogens is 464 g/mol. The van der Waals surface area contributed by atoms with E-state index in [0.717, 1.165) is 29.4 Å². The van der Waals surface area contributed by atoms with E-state index in [2.05, 4.69) is 15.1 Å². The molecule has 12 heteroatoms. The summed E-state index contributed by atoms with van der Waals surface area (Å²) in [5.74, 6) is 0.948. The van der Waals surface area contributed by atoms with Crippen molar-refractivity contribution in [1.29, 1.82) is 0 Å². The third-order valence-electron chi connectivity index (χ3n) is 6.00. The molecule has 2 N–H and O–H groups in total. The van der Waals surface area contributed by atoms with Gasteiger partial charge in [0.05, 0.1) is 29.9 Å². The van der Waals surface area contributed by atoms with Crippen molar-refractivity contribution in [3.05, 3.63) is 63.2 Å². The Morgan fingerprint density at radius 2 is 2.03 bits per heavy atom. The molecule has 4 aromatic rings. The Morgan fingerprint density at radius 3 is 2.83 bits per heavy atom. The largest absolute Gasteiger partial charge is 0.444 e. The fourth-order valence-electron chi connectivity index (χ4n) is 4.34. The van der Waals surface area contributed by atoms with Gasteiger partial charge in [0.2, 0.25) is 0 Å². The first-order valence-electron chi connectivity index (χ1n) is 11.8. The van der Waals surface area contributed by atoms with Crippen LogP contribution in [0.1, 0.15) is 39.4 Å². The molecule has 0 radical (unpaired) electrons. The van der Waals surface area contributed by atoms with Gasteiger partial charge in [0.25, 0.3) is 11.1 Å². The molecule has 1 aromatic carbocycles. The van der Waals surface area contributed by atoms with Crippen LogP contribution in [0.3, 0.4) is 0 Å². The lowest BCUT2D eigenvalue weighted by Crippen LogP contribution is -2.42. The highest BCUT2D eigenvalue weighted by Crippen LogP contribution is 2.24. The van der Waals surface area contributed by atoms with E-state index in [1.807, 2.05) is 39.0 Å². The van der Waals surface area contributed by atoms with Gasteiger partial charge in [-0.15, -0.1) is 0 Å². The van der Waals surface area contributed by atoms with Crippen LogP contribution in [0.4, 0.5) is 4.79 Å². The van der Waals surface area contributed by atoms with Crippen molar-refractivity contribution >= 4 is 17.1 Å². The number of imidazole rings is 1. The number of aromatic nitrogens is 7. The molecule has 4 heterocycles. The Labute approximate surface area is 205 Å². The van der Waals surface area contributed by atoms with Crippen LogP contribution < -0.4 is 11.1 Å². The van der Waals surface area contributed by atoms with E-state index in [9.17, 15) is 14.4 Å². The number of amides is 1. The predicted molar refractivity (Wildman–Crippen MR) is 131 cm³/mol. The molecule has 0 bridgehead atoms. The first-order chi connectivity index (χ1) is 17.2. The zero-order chi connectivity index (χ0) is 25.4. The zero-order valence-electron chi connectivity index (χ0n) is 20.4. The fraction of sp³-hybridized carbons (Fsp3) is 0.417. The van der Waals surface area contributed by atoms with E-state index in [4.69, 9.17) is 14.8 Å². The molecule has 1 atom stereocenters. The number of hydrogen-bond donors (Lipinski definition) is 2. The van der Waals surface area contributed by atoms with Crippen molar-refractivity contribution in [1.82, 2.24) is 39.4 Å². The number of aromatic amines is 2. The van der Waals surface area contributed by atoms with E-state index >= 15 is 0 Å². The van der Waals surface area contributed by atoms with Gasteiger partial charge >= 0.3 is 6.09 Å². The molecule has 12 nitrogen and oxygen atoms in total. The lowest BCUT2D eigenvalue weighted by molar-refractivity contribution is 0.0211. The van der Waals surface area contributed by atoms with E-state index in [-0.39, 0.29) is 24.2 Å². The van der Waals surface area contributed by atoms with Crippen LogP contribution in [-0.2, 0) is 17.8 Å². The molecule has 1 aliphatic rings. The Balaban J connectivity index is 1.49. The monoisotopic (exact) mass is 492 g/mol. The van der Waals surface area contributed by atoms with Gasteiger partial charge in [-0.25, -0.2) is 24.1 Å². The van der Waals surface area contributed by atoms with Gasteiger partial charge in [-0.1, -0.05) is 0 Å². The highest BCUT2D eigenvalue weighted by atomic mass is 16.6. The SMILES string of the molecule is CC(C)(C)OC(=O)N1CCC[C@H]1Cn1nc(-c2ccc3nc[nH]c3c2)nc1Cn1[nH]c(=O)ccc1=O. The third kappa shape index (κ3) is 4.92. The first kappa shape index (κ1) is 23.5. The van der Waals surface area contributed by atoms with Crippen molar-refractivity contribution in [2.24, 2.45) is 0 Å². The van der Waals surface area contributed by atoms with Gasteiger partial charge in [-0.2, -0.15) is 5.10 Å². The standard InChI is InChI=1S/C24H28N8O4/c1-24(2,3)36-23(35)30-10-4-5-16(30)12-31-19(13-32-21(34)9-8-20(33)28-32)27-22(29-31)15-6-7-17-18(11-15)26-14-25-17/h6-9,11,14,16H,4-5,10,12-13H2,1-3H3,(H,25,26)(H,28,33)/t16-/m0/s1. The highest BCUT2D eigenvalue weighted by Gasteiger charge is 2.33. The molecule has 0 aliphatic carbocycles. The minimum Gasteiger partial charge on any atom is -0.444 e. The number of fused-ring (bicyclic) bond motifs is 1. The molecule has 5 rings (SSSR count). The van der Waals surface area contributed by atoms with Crippen molar-refractivity contribution in [2.45, 2.75) is 58.3 Å². The lowest BCUT2D eigenvalue weighted by atomic mass is 10.2. The summed E-state index contributed by atoms with van der Waals surface area (Å²) in [6.45, 7) is 6.51. The normalized spacial score (nSPS) is 16.1. The maximum Gasteiger partial charge on any atom is 0.410 e. The molecule has 188 valence electrons. The van der Waals surface area contributed by atoms with Gasteiger partial charge in [-0.3, -0.25) is 14.7 Å². The topological polar surface area (TPSA) is 144 Å². The van der Waals surface area contributed by atoms with Crippen molar-refractivity contribution in [2.75, 3.05) is 6.54 Å². The summed E-state index contributed by atoms with van der Waals surface area (Å²) in [5.41, 5.74) is 1.10. The average Bonchev–Trinajstić information content (AvgIpc) is 3.55. The van der Waals surface area contributed by atoms with Crippen LogP contribution in [-0.4, -0.2) is 63.7 Å². The quantitative estimate of drug-likeness (QED) is 0.434. The number of nitrogens with zero attached hydrogens (tertiary/aromatic N) is 6. The van der Waals surface area contributed by atoms with Crippen molar-refractivity contribution in [3.8, 4) is 11.4 Å². The maximum atomic E-state index is 12.8. The Hall–Kier alpha value is -4.22. The Bertz CT molecular complexity index is 1520. The van der Waals surface area contributed by atoms with E-state index in [1.165, 1.54) is 16.8 Å². The second-order valence-corrected chi connectivity index (χ2v) is 9.87. The van der Waals surface area contributed by atoms with Crippen LogP contribution in [0.15, 0.2) is 46.2 Å². The average molecular weight is 493 g/mol. The van der Waals surface area contributed by atoms with E-state index in [1.54, 1.807) is 15.9 Å². The summed E-state index contributed by atoms with van der Waals surface area (Å²) in [6.07, 6.45) is 2.90. The minimum atomic E-state index is -0.596. The van der Waals surface area contributed by atoms with Crippen LogP contribution in [0.2, 0.25) is 0 Å². The molecule has 3 aromatic heterocycles. The second-order valence-electron chi connectivity index (χ2n) is 9.87. The van der Waals surface area contributed by atoms with Gasteiger partial charge < -0.3 is 14.6 Å². The number of hydrogen-bond acceptors (Lipinski definition) is 7. The molecule has 0 unspecified atom stereocenters. The molecule has 1 fully saturated rings. The van der Waals surface area contributed by atoms with Gasteiger partial charge in [-0.05, 0) is 51.8 Å². The number of carbonyl (C=O) groups is 1. The summed E-state index contributed by atoms with van der Waals surface area (Å²) < 4.78 is 8.50. The highest BCUT2D eigenvalue weighted by molar-refractivity contribution is 5.79. The van der Waals surface area contributed by atoms with Crippen molar-refractivity contribution in [3.63, 3.8) is 0 Å². The minimum absolute atomic E-state index is 0.0212. The second kappa shape index (κ2) is 9.10. The fourth-order valence-corrected chi connectivity index (χ4v) is 4.34. The predicted octanol–water partition coefficient (Wildman–Crippen LogP) is 2.12. The molecule has 1 saturated heterocycles. The Kier molecular flexibility index (Phi) is 5.94. The van der Waals surface area contributed by atoms with Crippen LogP contribution in [0, 0.1) is 0 Å². The number of rotatable bonds is 5. The summed E-state index contributed by atoms with van der Waals surface area (Å²) in [6, 6.07) is 7.92. The van der Waals surface area contributed by atoms with Gasteiger partial charge in [0.15, 0.2) is 5.82 Å². The summed E-state index contributed by atoms with van der Waals surface area (Å²) in [5, 5.41) is 7.27. The summed E-state index contributed by atoms with van der Waals surface area (Å²) in [4.78, 5) is 50.8. The third-order valence-corrected chi connectivity index (χ3v) is 6.00. The number of carbonyl (C=O) groups excluding carboxylic acids is 1. The molecule has 0 spiro atoms. The lowest BCUT2D eigenvalue weighted by Gasteiger charge is -2.28. The first-order valence-corrected chi connectivity index (χ1v) is 11.8. The molecule has 1 aliphatic heterocycles. The van der Waals surface area contributed by atoms with Crippen LogP contribution in [0.25, 0.3) is 22.4 Å².